The predicted octanol–water partition coefficient (Wildman–Crippen LogP) is 2.56. The Bertz CT molecular complexity index is 361. The summed E-state index contributed by atoms with van der Waals surface area (Å²) in [5.74, 6) is 1.60. The number of aryl methyl sites for hydroxylation is 1. The van der Waals surface area contributed by atoms with E-state index in [-0.39, 0.29) is 18.4 Å². The second kappa shape index (κ2) is 9.02. The molecule has 0 aliphatic carbocycles. The number of halogens is 1. The molecule has 5 heteroatoms. The Morgan fingerprint density at radius 2 is 1.63 bits per heavy atom. The summed E-state index contributed by atoms with van der Waals surface area (Å²) in [6.07, 6.45) is 2.88. The number of benzene rings is 1. The van der Waals surface area contributed by atoms with Crippen molar-refractivity contribution in [2.75, 3.05) is 20.8 Å². The Kier molecular flexibility index (Phi) is 8.56. The van der Waals surface area contributed by atoms with Gasteiger partial charge in [0.15, 0.2) is 0 Å². The molecule has 0 aliphatic heterocycles. The summed E-state index contributed by atoms with van der Waals surface area (Å²) in [6.45, 7) is 2.71. The van der Waals surface area contributed by atoms with Gasteiger partial charge in [0.05, 0.1) is 19.8 Å². The zero-order valence-electron chi connectivity index (χ0n) is 11.9. The Hall–Kier alpha value is -0.970. The molecule has 19 heavy (non-hydrogen) atoms. The molecule has 0 radical (unpaired) electrons. The van der Waals surface area contributed by atoms with Crippen LogP contribution in [-0.2, 0) is 0 Å². The molecular formula is C14H25ClN2O2. The third-order valence-electron chi connectivity index (χ3n) is 3.03. The molecule has 0 bridgehead atoms. The summed E-state index contributed by atoms with van der Waals surface area (Å²) in [4.78, 5) is 0. The van der Waals surface area contributed by atoms with Gasteiger partial charge in [-0.25, -0.2) is 0 Å². The van der Waals surface area contributed by atoms with Crippen molar-refractivity contribution in [1.29, 1.82) is 0 Å². The lowest BCUT2D eigenvalue weighted by Crippen LogP contribution is -2.14. The molecule has 0 unspecified atom stereocenters. The van der Waals surface area contributed by atoms with Crippen LogP contribution >= 0.6 is 12.4 Å². The largest absolute Gasteiger partial charge is 0.496 e. The Morgan fingerprint density at radius 1 is 1.11 bits per heavy atom. The van der Waals surface area contributed by atoms with Gasteiger partial charge in [-0.05, 0) is 44.0 Å². The van der Waals surface area contributed by atoms with Crippen LogP contribution in [0.25, 0.3) is 0 Å². The maximum absolute atomic E-state index is 6.24. The molecule has 0 fully saturated rings. The van der Waals surface area contributed by atoms with Crippen LogP contribution in [0.15, 0.2) is 12.1 Å². The van der Waals surface area contributed by atoms with E-state index in [0.717, 1.165) is 41.9 Å². The molecule has 0 aliphatic rings. The number of methoxy groups -OCH3 is 2. The zero-order valence-corrected chi connectivity index (χ0v) is 12.8. The minimum atomic E-state index is -0.0814. The molecule has 0 amide bonds. The molecule has 0 aromatic heterocycles. The van der Waals surface area contributed by atoms with E-state index in [0.29, 0.717) is 6.54 Å². The van der Waals surface area contributed by atoms with E-state index in [1.165, 1.54) is 0 Å². The van der Waals surface area contributed by atoms with E-state index in [4.69, 9.17) is 20.9 Å². The summed E-state index contributed by atoms with van der Waals surface area (Å²) < 4.78 is 10.8. The lowest BCUT2D eigenvalue weighted by atomic mass is 9.98. The van der Waals surface area contributed by atoms with E-state index < -0.39 is 0 Å². The maximum atomic E-state index is 6.24. The van der Waals surface area contributed by atoms with Crippen molar-refractivity contribution in [3.8, 4) is 11.5 Å². The highest BCUT2D eigenvalue weighted by atomic mass is 35.5. The van der Waals surface area contributed by atoms with Gasteiger partial charge >= 0.3 is 0 Å². The number of unbranched alkanes of at least 4 members (excludes halogenated alkanes) is 1. The quantitative estimate of drug-likeness (QED) is 0.757. The molecule has 0 spiro atoms. The Labute approximate surface area is 121 Å². The van der Waals surface area contributed by atoms with Crippen molar-refractivity contribution < 1.29 is 9.47 Å². The number of hydrogen-bond acceptors (Lipinski definition) is 4. The van der Waals surface area contributed by atoms with Crippen molar-refractivity contribution in [2.45, 2.75) is 32.2 Å². The number of nitrogens with two attached hydrogens (primary N) is 2. The maximum Gasteiger partial charge on any atom is 0.127 e. The van der Waals surface area contributed by atoms with Gasteiger partial charge in [-0.15, -0.1) is 12.4 Å². The van der Waals surface area contributed by atoms with Crippen molar-refractivity contribution in [3.05, 3.63) is 23.3 Å². The van der Waals surface area contributed by atoms with Crippen LogP contribution in [0.4, 0.5) is 0 Å². The van der Waals surface area contributed by atoms with Gasteiger partial charge in [0.25, 0.3) is 0 Å². The fourth-order valence-corrected chi connectivity index (χ4v) is 2.09. The molecule has 110 valence electrons. The van der Waals surface area contributed by atoms with Gasteiger partial charge in [-0.2, -0.15) is 0 Å². The molecule has 0 saturated heterocycles. The molecule has 4 N–H and O–H groups in total. The van der Waals surface area contributed by atoms with Gasteiger partial charge in [-0.1, -0.05) is 6.42 Å². The van der Waals surface area contributed by atoms with Crippen LogP contribution in [0.5, 0.6) is 11.5 Å². The smallest absolute Gasteiger partial charge is 0.127 e. The van der Waals surface area contributed by atoms with Crippen molar-refractivity contribution in [1.82, 2.24) is 0 Å². The molecule has 0 heterocycles. The molecule has 1 atom stereocenters. The lowest BCUT2D eigenvalue weighted by Gasteiger charge is -2.19. The van der Waals surface area contributed by atoms with Crippen LogP contribution in [0.2, 0.25) is 0 Å². The van der Waals surface area contributed by atoms with E-state index >= 15 is 0 Å². The average Bonchev–Trinajstić information content (AvgIpc) is 2.37. The second-order valence-corrected chi connectivity index (χ2v) is 4.47. The fourth-order valence-electron chi connectivity index (χ4n) is 2.09. The van der Waals surface area contributed by atoms with Gasteiger partial charge in [0.1, 0.15) is 11.5 Å². The molecule has 4 nitrogen and oxygen atoms in total. The molecule has 1 rings (SSSR count). The topological polar surface area (TPSA) is 70.5 Å². The summed E-state index contributed by atoms with van der Waals surface area (Å²) >= 11 is 0. The van der Waals surface area contributed by atoms with Crippen LogP contribution in [-0.4, -0.2) is 20.8 Å². The van der Waals surface area contributed by atoms with E-state index in [2.05, 4.69) is 0 Å². The summed E-state index contributed by atoms with van der Waals surface area (Å²) in [6, 6.07) is 3.89. The fraction of sp³-hybridized carbons (Fsp3) is 0.571. The Morgan fingerprint density at radius 3 is 2.05 bits per heavy atom. The summed E-state index contributed by atoms with van der Waals surface area (Å²) in [5, 5.41) is 0. The first kappa shape index (κ1) is 18.0. The number of rotatable bonds is 7. The zero-order chi connectivity index (χ0) is 13.5. The van der Waals surface area contributed by atoms with Crippen LogP contribution in [0.1, 0.15) is 36.4 Å². The average molecular weight is 289 g/mol. The monoisotopic (exact) mass is 288 g/mol. The highest BCUT2D eigenvalue weighted by Gasteiger charge is 2.18. The van der Waals surface area contributed by atoms with Gasteiger partial charge in [-0.3, -0.25) is 0 Å². The third kappa shape index (κ3) is 4.90. The van der Waals surface area contributed by atoms with Gasteiger partial charge in [0, 0.05) is 6.04 Å². The summed E-state index contributed by atoms with van der Waals surface area (Å²) in [5.41, 5.74) is 13.8. The first-order valence-electron chi connectivity index (χ1n) is 6.32. The van der Waals surface area contributed by atoms with Crippen molar-refractivity contribution >= 4 is 12.4 Å². The first-order chi connectivity index (χ1) is 8.63. The van der Waals surface area contributed by atoms with Crippen LogP contribution < -0.4 is 20.9 Å². The lowest BCUT2D eigenvalue weighted by molar-refractivity contribution is 0.375. The molecule has 0 saturated carbocycles. The second-order valence-electron chi connectivity index (χ2n) is 4.47. The van der Waals surface area contributed by atoms with Crippen LogP contribution in [0, 0.1) is 6.92 Å². The minimum absolute atomic E-state index is 0. The summed E-state index contributed by atoms with van der Waals surface area (Å²) in [7, 11) is 3.31. The Balaban J connectivity index is 0.00000324. The third-order valence-corrected chi connectivity index (χ3v) is 3.03. The molecule has 1 aromatic carbocycles. The highest BCUT2D eigenvalue weighted by Crippen LogP contribution is 2.36. The standard InChI is InChI=1S/C14H24N2O2.ClH/c1-10-8-12(17-2)14(13(9-10)18-3)11(16)6-4-5-7-15;/h8-9,11H,4-7,15-16H2,1-3H3;1H/t11-;/m0./s1. The normalized spacial score (nSPS) is 11.6. The van der Waals surface area contributed by atoms with Crippen molar-refractivity contribution in [2.24, 2.45) is 11.5 Å². The SMILES string of the molecule is COc1cc(C)cc(OC)c1[C@@H](N)CCCCN.Cl. The van der Waals surface area contributed by atoms with E-state index in [1.54, 1.807) is 14.2 Å². The minimum Gasteiger partial charge on any atom is -0.496 e. The van der Waals surface area contributed by atoms with Crippen molar-refractivity contribution in [3.63, 3.8) is 0 Å². The van der Waals surface area contributed by atoms with E-state index in [9.17, 15) is 0 Å². The number of ether oxygens (including phenoxy) is 2. The highest BCUT2D eigenvalue weighted by molar-refractivity contribution is 5.85. The van der Waals surface area contributed by atoms with Gasteiger partial charge < -0.3 is 20.9 Å². The number of hydrogen-bond donors (Lipinski definition) is 2. The van der Waals surface area contributed by atoms with Crippen LogP contribution in [0.3, 0.4) is 0 Å². The predicted molar refractivity (Wildman–Crippen MR) is 81.4 cm³/mol. The van der Waals surface area contributed by atoms with Gasteiger partial charge in [0.2, 0.25) is 0 Å². The molecular weight excluding hydrogens is 264 g/mol. The molecule has 1 aromatic rings. The first-order valence-corrected chi connectivity index (χ1v) is 6.32. The van der Waals surface area contributed by atoms with E-state index in [1.807, 2.05) is 19.1 Å².